The van der Waals surface area contributed by atoms with Crippen molar-refractivity contribution < 1.29 is 0 Å². The molecule has 4 aromatic rings. The van der Waals surface area contributed by atoms with Gasteiger partial charge < -0.3 is 0 Å². The molecular formula is C47H49B. The van der Waals surface area contributed by atoms with E-state index in [1.807, 2.05) is 13.0 Å². The fraction of sp³-hybridized carbons (Fsp3) is 0.213. The van der Waals surface area contributed by atoms with Crippen molar-refractivity contribution in [1.29, 1.82) is 0 Å². The fourth-order valence-electron chi connectivity index (χ4n) is 6.89. The zero-order chi connectivity index (χ0) is 34.4. The van der Waals surface area contributed by atoms with Crippen molar-refractivity contribution in [3.63, 3.8) is 0 Å². The summed E-state index contributed by atoms with van der Waals surface area (Å²) in [5.41, 5.74) is 13.7. The Morgan fingerprint density at radius 2 is 1.60 bits per heavy atom. The Labute approximate surface area is 290 Å². The van der Waals surface area contributed by atoms with Crippen LogP contribution in [0.4, 0.5) is 0 Å². The first-order valence-electron chi connectivity index (χ1n) is 17.3. The van der Waals surface area contributed by atoms with E-state index >= 15 is 0 Å². The molecule has 0 bridgehead atoms. The first kappa shape index (κ1) is 34.6. The van der Waals surface area contributed by atoms with Crippen LogP contribution >= 0.6 is 0 Å². The minimum absolute atomic E-state index is 0.140. The summed E-state index contributed by atoms with van der Waals surface area (Å²) in [6.45, 7) is 30.9. The first-order chi connectivity index (χ1) is 23.1. The summed E-state index contributed by atoms with van der Waals surface area (Å²) in [6.07, 6.45) is 14.1. The van der Waals surface area contributed by atoms with E-state index in [4.69, 9.17) is 0 Å². The number of allylic oxidation sites excluding steroid dienone is 7. The van der Waals surface area contributed by atoms with Crippen molar-refractivity contribution >= 4 is 41.4 Å². The fourth-order valence-corrected chi connectivity index (χ4v) is 6.89. The topological polar surface area (TPSA) is 0 Å². The van der Waals surface area contributed by atoms with Crippen LogP contribution in [0.2, 0.25) is 0 Å². The molecule has 0 saturated carbocycles. The predicted octanol–water partition coefficient (Wildman–Crippen LogP) is 12.9. The molecule has 48 heavy (non-hydrogen) atoms. The van der Waals surface area contributed by atoms with Gasteiger partial charge in [0.1, 0.15) is 0 Å². The van der Waals surface area contributed by atoms with Crippen LogP contribution in [0.25, 0.3) is 50.8 Å². The molecular weight excluding hydrogens is 575 g/mol. The minimum Gasteiger partial charge on any atom is -0.0836 e. The molecule has 1 atom stereocenters. The summed E-state index contributed by atoms with van der Waals surface area (Å²) in [4.78, 5) is 0. The van der Waals surface area contributed by atoms with Crippen LogP contribution < -0.4 is 0 Å². The maximum atomic E-state index is 4.56. The quantitative estimate of drug-likeness (QED) is 0.109. The van der Waals surface area contributed by atoms with Gasteiger partial charge in [-0.1, -0.05) is 60.7 Å². The Hall–Kier alpha value is -4.75. The molecule has 240 valence electrons. The zero-order valence-electron chi connectivity index (χ0n) is 29.6. The van der Waals surface area contributed by atoms with Crippen molar-refractivity contribution in [2.45, 2.75) is 53.9 Å². The summed E-state index contributed by atoms with van der Waals surface area (Å²) in [5.74, 6) is 4.49. The smallest absolute Gasteiger partial charge is 0.0836 e. The normalized spacial score (nSPS) is 13.8. The second-order valence-electron chi connectivity index (χ2n) is 13.5. The number of rotatable bonds is 12. The van der Waals surface area contributed by atoms with E-state index in [1.54, 1.807) is 0 Å². The molecule has 0 heterocycles. The molecule has 0 spiro atoms. The molecule has 1 heteroatoms. The SMILES string of the molecule is C=Cc1c(C(=C)C(=C)/C=C(\C(=C)CC)C(C)(C)C(C)/C=C\B=C/C)cccc1-c1ccc(-c2cc3c(c4ccccc24)CCC=C3)cc1. The maximum absolute atomic E-state index is 4.56. The van der Waals surface area contributed by atoms with Gasteiger partial charge in [0.25, 0.3) is 0 Å². The monoisotopic (exact) mass is 624 g/mol. The van der Waals surface area contributed by atoms with Gasteiger partial charge in [-0.05, 0) is 51.9 Å². The molecule has 1 unspecified atom stereocenters. The second kappa shape index (κ2) is 15.0. The summed E-state index contributed by atoms with van der Waals surface area (Å²) >= 11 is 0. The molecule has 0 amide bonds. The molecule has 5 rings (SSSR count). The third kappa shape index (κ3) is 6.92. The molecule has 0 fully saturated rings. The van der Waals surface area contributed by atoms with Gasteiger partial charge in [-0.15, -0.1) is 0 Å². The third-order valence-electron chi connectivity index (χ3n) is 10.2. The number of benzene rings is 4. The Morgan fingerprint density at radius 1 is 0.917 bits per heavy atom. The number of fused-ring (bicyclic) bond motifs is 3. The molecule has 1 aliphatic carbocycles. The summed E-state index contributed by atoms with van der Waals surface area (Å²) in [6, 6.07) is 26.6. The van der Waals surface area contributed by atoms with Crippen LogP contribution in [0, 0.1) is 11.3 Å². The number of hydrogen-bond donors (Lipinski definition) is 0. The van der Waals surface area contributed by atoms with Gasteiger partial charge in [0.15, 0.2) is 0 Å². The van der Waals surface area contributed by atoms with Crippen molar-refractivity contribution in [3.8, 4) is 22.3 Å². The molecule has 0 aliphatic heterocycles. The Bertz CT molecular complexity index is 2000. The van der Waals surface area contributed by atoms with Gasteiger partial charge >= 0.3 is 179 Å². The van der Waals surface area contributed by atoms with Crippen LogP contribution in [-0.4, -0.2) is 12.9 Å². The van der Waals surface area contributed by atoms with Crippen LogP contribution in [0.1, 0.15) is 69.7 Å². The molecule has 0 aromatic heterocycles. The Balaban J connectivity index is 1.49. The first-order valence-corrected chi connectivity index (χ1v) is 17.3. The summed E-state index contributed by atoms with van der Waals surface area (Å²) in [5, 5.41) is 2.67. The molecule has 0 nitrogen and oxygen atoms in total. The molecule has 0 radical (unpaired) electrons. The van der Waals surface area contributed by atoms with Gasteiger partial charge in [0.2, 0.25) is 0 Å². The average Bonchev–Trinajstić information content (AvgIpc) is 3.12. The second-order valence-corrected chi connectivity index (χ2v) is 13.5. The van der Waals surface area contributed by atoms with Gasteiger partial charge in [-0.3, -0.25) is 0 Å². The number of hydrogen-bond acceptors (Lipinski definition) is 0. The van der Waals surface area contributed by atoms with Crippen LogP contribution in [0.5, 0.6) is 0 Å². The van der Waals surface area contributed by atoms with E-state index in [9.17, 15) is 0 Å². The third-order valence-corrected chi connectivity index (χ3v) is 10.2. The minimum atomic E-state index is -0.140. The molecule has 0 saturated heterocycles. The van der Waals surface area contributed by atoms with Gasteiger partial charge in [0.05, 0.1) is 0 Å². The van der Waals surface area contributed by atoms with E-state index in [1.165, 1.54) is 38.6 Å². The van der Waals surface area contributed by atoms with E-state index in [2.05, 4.69) is 170 Å². The molecule has 4 aromatic carbocycles. The van der Waals surface area contributed by atoms with Crippen LogP contribution in [0.3, 0.4) is 0 Å². The summed E-state index contributed by atoms with van der Waals surface area (Å²) in [7, 11) is 0. The van der Waals surface area contributed by atoms with E-state index in [0.29, 0.717) is 5.92 Å². The molecule has 1 aliphatic rings. The van der Waals surface area contributed by atoms with Gasteiger partial charge in [-0.25, -0.2) is 0 Å². The average molecular weight is 625 g/mol. The van der Waals surface area contributed by atoms with Crippen molar-refractivity contribution in [2.75, 3.05) is 0 Å². The number of aryl methyl sites for hydroxylation is 1. The van der Waals surface area contributed by atoms with Crippen molar-refractivity contribution in [1.82, 2.24) is 0 Å². The predicted molar refractivity (Wildman–Crippen MR) is 218 cm³/mol. The zero-order valence-corrected chi connectivity index (χ0v) is 29.6. The Kier molecular flexibility index (Phi) is 10.8. The summed E-state index contributed by atoms with van der Waals surface area (Å²) < 4.78 is 0. The van der Waals surface area contributed by atoms with E-state index in [0.717, 1.165) is 58.2 Å². The van der Waals surface area contributed by atoms with Crippen molar-refractivity contribution in [2.24, 2.45) is 11.3 Å². The van der Waals surface area contributed by atoms with Crippen LogP contribution in [-0.2, 0) is 6.42 Å². The van der Waals surface area contributed by atoms with Gasteiger partial charge in [0, 0.05) is 0 Å². The Morgan fingerprint density at radius 3 is 2.27 bits per heavy atom. The standard InChI is InChI=1S/C47H49B/c1-10-32(4)46(47(8,9)34(6)28-29-48-12-3)30-33(5)35(7)40-22-17-23-41(39(40)11-2)36-24-26-37(27-25-36)45-31-38-18-13-14-19-42(38)43-20-15-16-21-44(43)45/h11-13,15-18,20-31,34H,2,4-5,7,10,14,19H2,1,3,6,8-9H3/b29-28-,46-30+. The van der Waals surface area contributed by atoms with E-state index < -0.39 is 0 Å². The molecule has 0 N–H and O–H groups in total. The van der Waals surface area contributed by atoms with Crippen molar-refractivity contribution in [3.05, 3.63) is 162 Å². The van der Waals surface area contributed by atoms with E-state index in [-0.39, 0.29) is 5.41 Å². The van der Waals surface area contributed by atoms with Gasteiger partial charge in [-0.2, -0.15) is 0 Å². The van der Waals surface area contributed by atoms with Crippen LogP contribution in [0.15, 0.2) is 140 Å².